The maximum absolute atomic E-state index is 12.7. The second-order valence-electron chi connectivity index (χ2n) is 8.27. The van der Waals surface area contributed by atoms with Crippen molar-refractivity contribution in [3.63, 3.8) is 0 Å². The third-order valence-corrected chi connectivity index (χ3v) is 6.34. The second kappa shape index (κ2) is 7.60. The molecule has 1 N–H and O–H groups in total. The number of rotatable bonds is 3. The molecule has 7 heteroatoms. The van der Waals surface area contributed by atoms with Crippen LogP contribution in [0.5, 0.6) is 0 Å². The van der Waals surface area contributed by atoms with E-state index in [1.807, 2.05) is 6.07 Å². The van der Waals surface area contributed by atoms with Crippen LogP contribution >= 0.6 is 0 Å². The minimum Gasteiger partial charge on any atom is -0.377 e. The number of hydrogen-bond acceptors (Lipinski definition) is 6. The van der Waals surface area contributed by atoms with Gasteiger partial charge in [0, 0.05) is 11.8 Å². The van der Waals surface area contributed by atoms with Crippen molar-refractivity contribution in [2.24, 2.45) is 0 Å². The van der Waals surface area contributed by atoms with E-state index in [1.165, 1.54) is 5.56 Å². The lowest BCUT2D eigenvalue weighted by molar-refractivity contribution is 0.182. The minimum absolute atomic E-state index is 0.0770. The largest absolute Gasteiger partial charge is 0.377 e. The van der Waals surface area contributed by atoms with Crippen LogP contribution in [0.15, 0.2) is 16.9 Å². The normalized spacial score (nSPS) is 23.1. The molecular formula is C22H25N5O2. The number of ether oxygens (including phenoxy) is 1. The summed E-state index contributed by atoms with van der Waals surface area (Å²) < 4.78 is 7.29. The second-order valence-corrected chi connectivity index (χ2v) is 8.27. The minimum atomic E-state index is -0.209. The summed E-state index contributed by atoms with van der Waals surface area (Å²) in [6.45, 7) is 0.885. The number of nitrogens with zero attached hydrogens (tertiary/aromatic N) is 4. The molecule has 29 heavy (non-hydrogen) atoms. The van der Waals surface area contributed by atoms with Crippen molar-refractivity contribution < 1.29 is 4.74 Å². The quantitative estimate of drug-likeness (QED) is 0.863. The summed E-state index contributed by atoms with van der Waals surface area (Å²) in [5.74, 6) is 0.597. The van der Waals surface area contributed by atoms with Gasteiger partial charge in [-0.1, -0.05) is 0 Å². The van der Waals surface area contributed by atoms with Gasteiger partial charge in [0.05, 0.1) is 30.5 Å². The van der Waals surface area contributed by atoms with Crippen LogP contribution in [0.25, 0.3) is 0 Å². The van der Waals surface area contributed by atoms with Crippen molar-refractivity contribution in [3.05, 3.63) is 50.6 Å². The van der Waals surface area contributed by atoms with Gasteiger partial charge >= 0.3 is 0 Å². The van der Waals surface area contributed by atoms with Crippen molar-refractivity contribution in [2.45, 2.75) is 63.5 Å². The average molecular weight is 391 g/mol. The van der Waals surface area contributed by atoms with Crippen LogP contribution < -0.4 is 10.9 Å². The highest BCUT2D eigenvalue weighted by atomic mass is 16.5. The smallest absolute Gasteiger partial charge is 0.267 e. The Hall–Kier alpha value is -2.72. The molecule has 7 nitrogen and oxygen atoms in total. The summed E-state index contributed by atoms with van der Waals surface area (Å²) in [5, 5.41) is 17.7. The number of fused-ring (bicyclic) bond motifs is 2. The van der Waals surface area contributed by atoms with E-state index in [0.717, 1.165) is 68.3 Å². The van der Waals surface area contributed by atoms with Gasteiger partial charge in [-0.05, 0) is 68.6 Å². The Balaban J connectivity index is 1.45. The molecule has 0 amide bonds. The molecule has 2 aromatic rings. The highest BCUT2D eigenvalue weighted by molar-refractivity contribution is 5.55. The van der Waals surface area contributed by atoms with Gasteiger partial charge in [0.2, 0.25) is 0 Å². The average Bonchev–Trinajstić information content (AvgIpc) is 3.20. The number of anilines is 1. The maximum atomic E-state index is 12.7. The van der Waals surface area contributed by atoms with E-state index in [2.05, 4.69) is 11.4 Å². The van der Waals surface area contributed by atoms with Crippen molar-refractivity contribution in [1.29, 1.82) is 5.26 Å². The molecule has 3 heterocycles. The molecule has 0 radical (unpaired) electrons. The maximum Gasteiger partial charge on any atom is 0.267 e. The topological polar surface area (TPSA) is 92.8 Å². The molecule has 2 unspecified atom stereocenters. The van der Waals surface area contributed by atoms with Crippen LogP contribution in [-0.2, 0) is 30.4 Å². The van der Waals surface area contributed by atoms with Crippen LogP contribution in [0.3, 0.4) is 0 Å². The number of aromatic nitrogens is 3. The molecule has 0 spiro atoms. The number of hydrogen-bond donors (Lipinski definition) is 1. The van der Waals surface area contributed by atoms with E-state index >= 15 is 0 Å². The molecular weight excluding hydrogens is 366 g/mol. The molecule has 5 rings (SSSR count). The first kappa shape index (κ1) is 18.3. The van der Waals surface area contributed by atoms with E-state index in [1.54, 1.807) is 10.7 Å². The molecule has 3 aliphatic rings. The molecule has 1 aliphatic heterocycles. The lowest BCUT2D eigenvalue weighted by Gasteiger charge is -2.24. The van der Waals surface area contributed by atoms with E-state index in [0.29, 0.717) is 24.6 Å². The van der Waals surface area contributed by atoms with Crippen LogP contribution in [0.4, 0.5) is 5.82 Å². The first-order chi connectivity index (χ1) is 14.2. The Bertz CT molecular complexity index is 1040. The van der Waals surface area contributed by atoms with Crippen LogP contribution in [0.1, 0.15) is 59.8 Å². The summed E-state index contributed by atoms with van der Waals surface area (Å²) in [6, 6.07) is 5.63. The molecule has 1 fully saturated rings. The van der Waals surface area contributed by atoms with Gasteiger partial charge in [-0.2, -0.15) is 10.4 Å². The molecule has 2 atom stereocenters. The van der Waals surface area contributed by atoms with Gasteiger partial charge in [0.25, 0.3) is 5.56 Å². The predicted molar refractivity (Wildman–Crippen MR) is 108 cm³/mol. The zero-order valence-electron chi connectivity index (χ0n) is 16.5. The zero-order valence-corrected chi connectivity index (χ0v) is 16.5. The first-order valence-electron chi connectivity index (χ1n) is 10.6. The van der Waals surface area contributed by atoms with Gasteiger partial charge < -0.3 is 10.1 Å². The summed E-state index contributed by atoms with van der Waals surface area (Å²) in [4.78, 5) is 17.5. The van der Waals surface area contributed by atoms with Crippen molar-refractivity contribution in [2.75, 3.05) is 18.5 Å². The Labute approximate surface area is 169 Å². The van der Waals surface area contributed by atoms with E-state index in [9.17, 15) is 10.1 Å². The highest BCUT2D eigenvalue weighted by Crippen LogP contribution is 2.28. The molecule has 0 aromatic carbocycles. The molecule has 150 valence electrons. The number of nitrogens with one attached hydrogen (secondary N) is 1. The van der Waals surface area contributed by atoms with Gasteiger partial charge in [-0.25, -0.2) is 9.67 Å². The first-order valence-corrected chi connectivity index (χ1v) is 10.6. The Morgan fingerprint density at radius 3 is 2.55 bits per heavy atom. The molecule has 2 aliphatic carbocycles. The van der Waals surface area contributed by atoms with E-state index < -0.39 is 0 Å². The third kappa shape index (κ3) is 3.42. The molecule has 0 saturated carbocycles. The summed E-state index contributed by atoms with van der Waals surface area (Å²) in [7, 11) is 0. The molecule has 1 saturated heterocycles. The van der Waals surface area contributed by atoms with Crippen LogP contribution in [-0.4, -0.2) is 34.0 Å². The summed E-state index contributed by atoms with van der Waals surface area (Å²) in [6.07, 6.45) is 8.32. The fraction of sp³-hybridized carbons (Fsp3) is 0.545. The summed E-state index contributed by atoms with van der Waals surface area (Å²) in [5.41, 5.74) is 4.87. The van der Waals surface area contributed by atoms with Gasteiger partial charge in [-0.15, -0.1) is 0 Å². The van der Waals surface area contributed by atoms with Crippen molar-refractivity contribution >= 4 is 5.82 Å². The van der Waals surface area contributed by atoms with Crippen molar-refractivity contribution in [1.82, 2.24) is 14.8 Å². The predicted octanol–water partition coefficient (Wildman–Crippen LogP) is 2.32. The lowest BCUT2D eigenvalue weighted by Crippen LogP contribution is -2.38. The summed E-state index contributed by atoms with van der Waals surface area (Å²) >= 11 is 0. The standard InChI is InChI=1S/C22H25N5O2/c23-11-16-9-14-5-1-3-7-17(14)24-22(16)25-19-12-29-13-20(19)27-21(28)10-15-6-2-4-8-18(15)26-27/h9-10,19-20H,1-8,12-13H2,(H,24,25). The van der Waals surface area contributed by atoms with Gasteiger partial charge in [-0.3, -0.25) is 4.79 Å². The number of nitriles is 1. The van der Waals surface area contributed by atoms with E-state index in [-0.39, 0.29) is 17.6 Å². The molecule has 0 bridgehead atoms. The van der Waals surface area contributed by atoms with Crippen LogP contribution in [0.2, 0.25) is 0 Å². The Morgan fingerprint density at radius 2 is 1.76 bits per heavy atom. The fourth-order valence-corrected chi connectivity index (χ4v) is 4.74. The molecule has 2 aromatic heterocycles. The Kier molecular flexibility index (Phi) is 4.80. The zero-order chi connectivity index (χ0) is 19.8. The van der Waals surface area contributed by atoms with Gasteiger partial charge in [0.15, 0.2) is 0 Å². The van der Waals surface area contributed by atoms with Gasteiger partial charge in [0.1, 0.15) is 17.9 Å². The fourth-order valence-electron chi connectivity index (χ4n) is 4.74. The third-order valence-electron chi connectivity index (χ3n) is 6.34. The monoisotopic (exact) mass is 391 g/mol. The number of aryl methyl sites for hydroxylation is 4. The van der Waals surface area contributed by atoms with Crippen LogP contribution in [0, 0.1) is 11.3 Å². The SMILES string of the molecule is N#Cc1cc2c(nc1NC1COCC1n1nc3c(cc1=O)CCCC3)CCCC2. The highest BCUT2D eigenvalue weighted by Gasteiger charge is 2.33. The van der Waals surface area contributed by atoms with E-state index in [4.69, 9.17) is 14.8 Å². The Morgan fingerprint density at radius 1 is 1.03 bits per heavy atom. The van der Waals surface area contributed by atoms with Crippen molar-refractivity contribution in [3.8, 4) is 6.07 Å². The lowest BCUT2D eigenvalue weighted by atomic mass is 9.95. The number of pyridine rings is 1.